The fourth-order valence-corrected chi connectivity index (χ4v) is 3.44. The largest absolute Gasteiger partial charge is 0.489 e. The predicted molar refractivity (Wildman–Crippen MR) is 95.4 cm³/mol. The number of aliphatic hydroxyl groups is 1. The third-order valence-electron chi connectivity index (χ3n) is 5.04. The molecule has 5 nitrogen and oxygen atoms in total. The van der Waals surface area contributed by atoms with Crippen molar-refractivity contribution >= 4 is 11.0 Å². The summed E-state index contributed by atoms with van der Waals surface area (Å²) in [7, 11) is 1.69. The van der Waals surface area contributed by atoms with Gasteiger partial charge < -0.3 is 23.9 Å². The molecule has 1 saturated carbocycles. The van der Waals surface area contributed by atoms with E-state index >= 15 is 0 Å². The van der Waals surface area contributed by atoms with Crippen molar-refractivity contribution in [3.05, 3.63) is 54.0 Å². The zero-order valence-corrected chi connectivity index (χ0v) is 14.6. The van der Waals surface area contributed by atoms with Gasteiger partial charge >= 0.3 is 0 Å². The third kappa shape index (κ3) is 2.94. The standard InChI is InChI=1S/C20H23NO4/c1-14-10-16-11-17(5-6-18(16)25-14)24-12-15-4-3-9-21(19(15)23-2)20(13-22)7-8-20/h3-6,9-11,19,22H,7-8,12-13H2,1-2H3. The lowest BCUT2D eigenvalue weighted by Crippen LogP contribution is -2.47. The van der Waals surface area contributed by atoms with E-state index in [1.54, 1.807) is 7.11 Å². The minimum atomic E-state index is -0.209. The lowest BCUT2D eigenvalue weighted by atomic mass is 10.1. The first-order chi connectivity index (χ1) is 12.1. The summed E-state index contributed by atoms with van der Waals surface area (Å²) in [4.78, 5) is 2.12. The number of rotatable bonds is 6. The van der Waals surface area contributed by atoms with Crippen LogP contribution < -0.4 is 4.74 Å². The van der Waals surface area contributed by atoms with Crippen molar-refractivity contribution in [2.24, 2.45) is 0 Å². The van der Waals surface area contributed by atoms with E-state index in [0.717, 1.165) is 40.9 Å². The molecular weight excluding hydrogens is 318 g/mol. The lowest BCUT2D eigenvalue weighted by Gasteiger charge is -2.39. The monoisotopic (exact) mass is 341 g/mol. The highest BCUT2D eigenvalue weighted by molar-refractivity contribution is 5.79. The Kier molecular flexibility index (Phi) is 4.06. The summed E-state index contributed by atoms with van der Waals surface area (Å²) in [6.45, 7) is 2.51. The molecule has 0 radical (unpaired) electrons. The molecule has 1 aliphatic carbocycles. The maximum Gasteiger partial charge on any atom is 0.155 e. The number of aliphatic hydroxyl groups excluding tert-OH is 1. The normalized spacial score (nSPS) is 21.5. The maximum atomic E-state index is 9.73. The predicted octanol–water partition coefficient (Wildman–Crippen LogP) is 3.37. The highest BCUT2D eigenvalue weighted by Crippen LogP contribution is 2.44. The van der Waals surface area contributed by atoms with Gasteiger partial charge in [-0.05, 0) is 50.1 Å². The highest BCUT2D eigenvalue weighted by Gasteiger charge is 2.50. The molecule has 2 aliphatic rings. The molecule has 1 aliphatic heterocycles. The number of methoxy groups -OCH3 is 1. The van der Waals surface area contributed by atoms with Crippen molar-refractivity contribution in [2.45, 2.75) is 31.5 Å². The highest BCUT2D eigenvalue weighted by atomic mass is 16.5. The Balaban J connectivity index is 1.49. The first-order valence-corrected chi connectivity index (χ1v) is 8.57. The van der Waals surface area contributed by atoms with Gasteiger partial charge in [-0.3, -0.25) is 0 Å². The summed E-state index contributed by atoms with van der Waals surface area (Å²) in [6, 6.07) is 7.83. The zero-order chi connectivity index (χ0) is 17.4. The van der Waals surface area contributed by atoms with Crippen molar-refractivity contribution in [1.82, 2.24) is 4.90 Å². The molecule has 0 amide bonds. The van der Waals surface area contributed by atoms with Crippen LogP contribution in [0.15, 0.2) is 52.6 Å². The first-order valence-electron chi connectivity index (χ1n) is 8.57. The van der Waals surface area contributed by atoms with Crippen LogP contribution in [0, 0.1) is 6.92 Å². The van der Waals surface area contributed by atoms with E-state index in [0.29, 0.717) is 6.61 Å². The number of ether oxygens (including phenoxy) is 2. The van der Waals surface area contributed by atoms with E-state index in [4.69, 9.17) is 13.9 Å². The van der Waals surface area contributed by atoms with Gasteiger partial charge in [0.25, 0.3) is 0 Å². The van der Waals surface area contributed by atoms with Crippen molar-refractivity contribution in [1.29, 1.82) is 0 Å². The molecule has 2 aromatic rings. The van der Waals surface area contributed by atoms with Gasteiger partial charge in [-0.25, -0.2) is 0 Å². The Bertz CT molecular complexity index is 831. The van der Waals surface area contributed by atoms with Crippen LogP contribution in [-0.4, -0.2) is 42.1 Å². The summed E-state index contributed by atoms with van der Waals surface area (Å²) < 4.78 is 17.3. The molecule has 1 atom stereocenters. The smallest absolute Gasteiger partial charge is 0.155 e. The zero-order valence-electron chi connectivity index (χ0n) is 14.6. The number of fused-ring (bicyclic) bond motifs is 1. The van der Waals surface area contributed by atoms with Gasteiger partial charge in [0.1, 0.15) is 23.7 Å². The average molecular weight is 341 g/mol. The average Bonchev–Trinajstić information content (AvgIpc) is 3.34. The topological polar surface area (TPSA) is 55.1 Å². The van der Waals surface area contributed by atoms with Crippen LogP contribution in [0.1, 0.15) is 18.6 Å². The second kappa shape index (κ2) is 6.24. The Hall–Kier alpha value is -2.24. The Morgan fingerprint density at radius 3 is 2.88 bits per heavy atom. The molecule has 4 rings (SSSR count). The van der Waals surface area contributed by atoms with Gasteiger partial charge in [-0.2, -0.15) is 0 Å². The summed E-state index contributed by atoms with van der Waals surface area (Å²) in [6.07, 6.45) is 7.78. The number of hydrogen-bond acceptors (Lipinski definition) is 5. The molecule has 1 unspecified atom stereocenters. The van der Waals surface area contributed by atoms with E-state index in [9.17, 15) is 5.11 Å². The molecule has 1 N–H and O–H groups in total. The molecule has 1 aromatic heterocycles. The van der Waals surface area contributed by atoms with E-state index in [2.05, 4.69) is 4.90 Å². The Morgan fingerprint density at radius 2 is 2.16 bits per heavy atom. The second-order valence-corrected chi connectivity index (χ2v) is 6.81. The molecule has 1 aromatic carbocycles. The Labute approximate surface area is 147 Å². The van der Waals surface area contributed by atoms with Crippen LogP contribution in [0.4, 0.5) is 0 Å². The van der Waals surface area contributed by atoms with E-state index in [-0.39, 0.29) is 18.4 Å². The summed E-state index contributed by atoms with van der Waals surface area (Å²) in [5.74, 6) is 1.69. The molecule has 5 heteroatoms. The molecule has 0 saturated heterocycles. The number of furan rings is 1. The third-order valence-corrected chi connectivity index (χ3v) is 5.04. The fourth-order valence-electron chi connectivity index (χ4n) is 3.44. The molecule has 132 valence electrons. The van der Waals surface area contributed by atoms with Crippen LogP contribution in [0.3, 0.4) is 0 Å². The van der Waals surface area contributed by atoms with Gasteiger partial charge in [-0.1, -0.05) is 6.08 Å². The molecule has 0 bridgehead atoms. The minimum Gasteiger partial charge on any atom is -0.489 e. The van der Waals surface area contributed by atoms with Gasteiger partial charge in [-0.15, -0.1) is 0 Å². The number of aryl methyl sites for hydroxylation is 1. The summed E-state index contributed by atoms with van der Waals surface area (Å²) in [5, 5.41) is 10.8. The summed E-state index contributed by atoms with van der Waals surface area (Å²) in [5.41, 5.74) is 1.72. The molecule has 2 heterocycles. The van der Waals surface area contributed by atoms with Gasteiger partial charge in [0.15, 0.2) is 6.23 Å². The van der Waals surface area contributed by atoms with Crippen LogP contribution in [0.2, 0.25) is 0 Å². The maximum absolute atomic E-state index is 9.73. The van der Waals surface area contributed by atoms with Crippen LogP contribution in [-0.2, 0) is 4.74 Å². The Morgan fingerprint density at radius 1 is 1.32 bits per heavy atom. The molecular formula is C20H23NO4. The number of hydrogen-bond donors (Lipinski definition) is 1. The quantitative estimate of drug-likeness (QED) is 0.873. The van der Waals surface area contributed by atoms with Gasteiger partial charge in [0, 0.05) is 24.3 Å². The SMILES string of the molecule is COC1C(COc2ccc3oc(C)cc3c2)=CC=CN1C1(CO)CC1. The molecule has 25 heavy (non-hydrogen) atoms. The van der Waals surface area contributed by atoms with Crippen molar-refractivity contribution in [3.8, 4) is 5.75 Å². The fraction of sp³-hybridized carbons (Fsp3) is 0.400. The van der Waals surface area contributed by atoms with E-state index in [1.165, 1.54) is 0 Å². The van der Waals surface area contributed by atoms with Crippen molar-refractivity contribution in [2.75, 3.05) is 20.3 Å². The van der Waals surface area contributed by atoms with Crippen molar-refractivity contribution in [3.63, 3.8) is 0 Å². The van der Waals surface area contributed by atoms with E-state index in [1.807, 2.05) is 49.5 Å². The molecule has 1 fully saturated rings. The number of benzene rings is 1. The number of nitrogens with zero attached hydrogens (tertiary/aromatic N) is 1. The second-order valence-electron chi connectivity index (χ2n) is 6.81. The number of allylic oxidation sites excluding steroid dienone is 2. The van der Waals surface area contributed by atoms with Crippen LogP contribution in [0.5, 0.6) is 5.75 Å². The minimum absolute atomic E-state index is 0.141. The van der Waals surface area contributed by atoms with E-state index < -0.39 is 0 Å². The summed E-state index contributed by atoms with van der Waals surface area (Å²) >= 11 is 0. The first kappa shape index (κ1) is 16.2. The van der Waals surface area contributed by atoms with Gasteiger partial charge in [0.2, 0.25) is 0 Å². The van der Waals surface area contributed by atoms with Crippen LogP contribution >= 0.6 is 0 Å². The van der Waals surface area contributed by atoms with Crippen molar-refractivity contribution < 1.29 is 19.0 Å². The lowest BCUT2D eigenvalue weighted by molar-refractivity contribution is -0.0279. The van der Waals surface area contributed by atoms with Gasteiger partial charge in [0.05, 0.1) is 12.1 Å². The van der Waals surface area contributed by atoms with Crippen LogP contribution in [0.25, 0.3) is 11.0 Å². The molecule has 0 spiro atoms.